The van der Waals surface area contributed by atoms with Gasteiger partial charge in [-0.25, -0.2) is 4.98 Å². The summed E-state index contributed by atoms with van der Waals surface area (Å²) in [6.07, 6.45) is 3.19. The molecule has 1 N–H and O–H groups in total. The second-order valence-corrected chi connectivity index (χ2v) is 4.67. The standard InChI is InChI=1S/C12H13ClN2O2.CH3.BrH.Mg/c1-12(2,16)11-7-4-10(13)14-5-8(7)9(17-3)6-15-11;;;/h4-6,16H,1-3H3;1H3;1H;/q;;;+1/p-1. The molecule has 0 saturated heterocycles. The van der Waals surface area contributed by atoms with Crippen LogP contribution < -0.4 is 21.7 Å². The van der Waals surface area contributed by atoms with Gasteiger partial charge in [0.15, 0.2) is 0 Å². The van der Waals surface area contributed by atoms with Crippen LogP contribution in [0, 0.1) is 0 Å². The van der Waals surface area contributed by atoms with Crippen molar-refractivity contribution in [1.29, 1.82) is 0 Å². The van der Waals surface area contributed by atoms with Gasteiger partial charge in [0, 0.05) is 17.0 Å². The van der Waals surface area contributed by atoms with Crippen molar-refractivity contribution in [3.05, 3.63) is 29.3 Å². The predicted molar refractivity (Wildman–Crippen MR) is 78.0 cm³/mol. The number of aromatic nitrogens is 2. The Kier molecular flexibility index (Phi) is 8.28. The number of nitrogens with zero attached hydrogens (tertiary/aromatic N) is 2. The molecule has 0 fully saturated rings. The maximum absolute atomic E-state index is 10.1. The fraction of sp³-hybridized carbons (Fsp3) is 0.385. The molecule has 2 aromatic heterocycles. The molecule has 0 amide bonds. The van der Waals surface area contributed by atoms with Crippen LogP contribution in [0.2, 0.25) is 10.2 Å². The van der Waals surface area contributed by atoms with Gasteiger partial charge in [-0.2, -0.15) is 0 Å². The molecular weight excluding hydrogens is 356 g/mol. The van der Waals surface area contributed by atoms with Crippen LogP contribution >= 0.6 is 11.6 Å². The van der Waals surface area contributed by atoms with Crippen molar-refractivity contribution >= 4 is 44.1 Å². The fourth-order valence-electron chi connectivity index (χ4n) is 1.73. The van der Waals surface area contributed by atoms with Crippen LogP contribution in [-0.4, -0.2) is 43.9 Å². The number of halogens is 2. The third-order valence-corrected chi connectivity index (χ3v) is 2.71. The number of hydrogen-bond acceptors (Lipinski definition) is 4. The first-order valence-corrected chi connectivity index (χ1v) is 7.64. The van der Waals surface area contributed by atoms with Gasteiger partial charge in [-0.05, 0) is 19.9 Å². The SMILES string of the molecule is COc1cnc(C(C)(C)O)c2cc(Cl)ncc12.[Br-].[CH3][Mg+]. The Hall–Kier alpha value is -0.144. The molecule has 20 heavy (non-hydrogen) atoms. The molecule has 0 atom stereocenters. The Labute approximate surface area is 147 Å². The van der Waals surface area contributed by atoms with Gasteiger partial charge >= 0.3 is 26.8 Å². The van der Waals surface area contributed by atoms with Gasteiger partial charge < -0.3 is 26.8 Å². The number of ether oxygens (including phenoxy) is 1. The van der Waals surface area contributed by atoms with E-state index >= 15 is 0 Å². The monoisotopic (exact) mass is 370 g/mol. The maximum atomic E-state index is 10.1. The van der Waals surface area contributed by atoms with E-state index in [0.29, 0.717) is 16.6 Å². The average molecular weight is 372 g/mol. The molecule has 0 radical (unpaired) electrons. The van der Waals surface area contributed by atoms with Gasteiger partial charge in [0.25, 0.3) is 0 Å². The molecular formula is C13H16BrClMgN2O2. The Balaban J connectivity index is 0.00000115. The van der Waals surface area contributed by atoms with Crippen LogP contribution in [0.15, 0.2) is 18.5 Å². The fourth-order valence-corrected chi connectivity index (χ4v) is 1.89. The van der Waals surface area contributed by atoms with E-state index in [4.69, 9.17) is 16.3 Å². The van der Waals surface area contributed by atoms with Crippen LogP contribution in [0.4, 0.5) is 0 Å². The number of fused-ring (bicyclic) bond motifs is 1. The molecule has 0 unspecified atom stereocenters. The van der Waals surface area contributed by atoms with Crippen molar-refractivity contribution < 1.29 is 26.8 Å². The average Bonchev–Trinajstić information content (AvgIpc) is 2.38. The number of methoxy groups -OCH3 is 1. The van der Waals surface area contributed by atoms with E-state index in [1.54, 1.807) is 39.4 Å². The van der Waals surface area contributed by atoms with Crippen molar-refractivity contribution in [1.82, 2.24) is 9.97 Å². The van der Waals surface area contributed by atoms with Gasteiger partial charge in [0.1, 0.15) is 16.5 Å². The molecule has 106 valence electrons. The van der Waals surface area contributed by atoms with Gasteiger partial charge in [0.05, 0.1) is 19.0 Å². The van der Waals surface area contributed by atoms with E-state index < -0.39 is 5.60 Å². The third kappa shape index (κ3) is 4.43. The Bertz CT molecular complexity index is 576. The molecule has 2 rings (SSSR count). The van der Waals surface area contributed by atoms with Gasteiger partial charge in [-0.3, -0.25) is 4.98 Å². The first kappa shape index (κ1) is 19.9. The van der Waals surface area contributed by atoms with E-state index in [2.05, 4.69) is 9.97 Å². The van der Waals surface area contributed by atoms with Crippen molar-refractivity contribution in [2.45, 2.75) is 24.5 Å². The number of aliphatic hydroxyl groups is 1. The number of rotatable bonds is 2. The summed E-state index contributed by atoms with van der Waals surface area (Å²) < 4.78 is 5.21. The summed E-state index contributed by atoms with van der Waals surface area (Å²) in [5.41, 5.74) is -0.493. The van der Waals surface area contributed by atoms with Crippen molar-refractivity contribution in [3.8, 4) is 5.75 Å². The molecule has 0 bridgehead atoms. The number of hydrogen-bond donors (Lipinski definition) is 1. The second-order valence-electron chi connectivity index (χ2n) is 4.29. The van der Waals surface area contributed by atoms with E-state index in [1.807, 2.05) is 26.8 Å². The van der Waals surface area contributed by atoms with Crippen molar-refractivity contribution in [2.75, 3.05) is 7.11 Å². The molecule has 0 aliphatic carbocycles. The van der Waals surface area contributed by atoms with Crippen LogP contribution in [0.1, 0.15) is 19.5 Å². The van der Waals surface area contributed by atoms with E-state index in [1.165, 1.54) is 0 Å². The molecule has 0 aliphatic rings. The zero-order valence-electron chi connectivity index (χ0n) is 11.9. The Morgan fingerprint density at radius 2 is 1.80 bits per heavy atom. The minimum absolute atomic E-state index is 0. The molecule has 0 saturated carbocycles. The summed E-state index contributed by atoms with van der Waals surface area (Å²) in [4.78, 5) is 8.24. The van der Waals surface area contributed by atoms with Crippen LogP contribution in [0.5, 0.6) is 5.75 Å². The van der Waals surface area contributed by atoms with Gasteiger partial charge in [-0.15, -0.1) is 0 Å². The Morgan fingerprint density at radius 3 is 2.30 bits per heavy atom. The zero-order valence-corrected chi connectivity index (χ0v) is 15.7. The second kappa shape index (κ2) is 8.34. The first-order chi connectivity index (χ1) is 8.93. The van der Waals surface area contributed by atoms with Crippen LogP contribution in [-0.2, 0) is 5.60 Å². The molecule has 0 spiro atoms. The first-order valence-electron chi connectivity index (χ1n) is 5.85. The van der Waals surface area contributed by atoms with Gasteiger partial charge in [0.2, 0.25) is 0 Å². The molecule has 4 nitrogen and oxygen atoms in total. The van der Waals surface area contributed by atoms with Crippen LogP contribution in [0.3, 0.4) is 0 Å². The summed E-state index contributed by atoms with van der Waals surface area (Å²) in [5.74, 6) is 0.608. The summed E-state index contributed by atoms with van der Waals surface area (Å²) in [5, 5.41) is 14.0. The molecule has 7 heteroatoms. The molecule has 2 heterocycles. The summed E-state index contributed by atoms with van der Waals surface area (Å²) in [6.45, 7) is 3.35. The summed E-state index contributed by atoms with van der Waals surface area (Å²) in [6, 6.07) is 1.68. The van der Waals surface area contributed by atoms with Crippen molar-refractivity contribution in [2.24, 2.45) is 0 Å². The van der Waals surface area contributed by atoms with Gasteiger partial charge in [-0.1, -0.05) is 11.6 Å². The summed E-state index contributed by atoms with van der Waals surface area (Å²) in [7, 11) is 1.56. The minimum atomic E-state index is -1.05. The molecule has 0 aliphatic heterocycles. The third-order valence-electron chi connectivity index (χ3n) is 2.50. The molecule has 0 aromatic carbocycles. The number of pyridine rings is 2. The summed E-state index contributed by atoms with van der Waals surface area (Å²) >= 11 is 7.74. The normalized spacial score (nSPS) is 10.4. The zero-order chi connectivity index (χ0) is 14.6. The topological polar surface area (TPSA) is 55.2 Å². The predicted octanol–water partition coefficient (Wildman–Crippen LogP) is -0.274. The van der Waals surface area contributed by atoms with E-state index in [0.717, 1.165) is 10.8 Å². The quantitative estimate of drug-likeness (QED) is 0.583. The van der Waals surface area contributed by atoms with E-state index in [9.17, 15) is 5.11 Å². The van der Waals surface area contributed by atoms with Crippen LogP contribution in [0.25, 0.3) is 10.8 Å². The Morgan fingerprint density at radius 1 is 1.20 bits per heavy atom. The van der Waals surface area contributed by atoms with Crippen molar-refractivity contribution in [3.63, 3.8) is 0 Å². The van der Waals surface area contributed by atoms with E-state index in [-0.39, 0.29) is 17.0 Å². The molecule has 2 aromatic rings.